The maximum Gasteiger partial charge on any atom is 0.240 e. The van der Waals surface area contributed by atoms with Gasteiger partial charge in [0.15, 0.2) is 0 Å². The molecule has 94 valence electrons. The molecule has 2 rings (SSSR count). The average Bonchev–Trinajstić information content (AvgIpc) is 2.64. The zero-order valence-electron chi connectivity index (χ0n) is 9.14. The first-order valence-electron chi connectivity index (χ1n) is 5.45. The third kappa shape index (κ3) is 3.07. The number of benzene rings is 1. The minimum absolute atomic E-state index is 0.222. The Balaban J connectivity index is 2.16. The van der Waals surface area contributed by atoms with Crippen molar-refractivity contribution in [2.75, 3.05) is 0 Å². The number of halogens is 1. The maximum atomic E-state index is 12.0. The molecule has 0 saturated heterocycles. The minimum Gasteiger partial charge on any atom is -0.391 e. The molecule has 0 radical (unpaired) electrons. The minimum atomic E-state index is -3.52. The molecule has 0 aliphatic heterocycles. The highest BCUT2D eigenvalue weighted by Crippen LogP contribution is 2.21. The van der Waals surface area contributed by atoms with Gasteiger partial charge in [-0.3, -0.25) is 0 Å². The lowest BCUT2D eigenvalue weighted by atomic mass is 10.2. The summed E-state index contributed by atoms with van der Waals surface area (Å²) in [6.07, 6.45) is 1.64. The molecule has 1 aromatic rings. The van der Waals surface area contributed by atoms with Gasteiger partial charge in [-0.2, -0.15) is 0 Å². The molecule has 1 fully saturated rings. The highest BCUT2D eigenvalue weighted by atomic mass is 79.9. The Morgan fingerprint density at radius 2 is 1.88 bits per heavy atom. The van der Waals surface area contributed by atoms with Crippen molar-refractivity contribution in [3.05, 3.63) is 28.7 Å². The van der Waals surface area contributed by atoms with Gasteiger partial charge in [-0.1, -0.05) is 15.9 Å². The number of sulfonamides is 1. The molecule has 1 aliphatic rings. The summed E-state index contributed by atoms with van der Waals surface area (Å²) in [6, 6.07) is 6.07. The van der Waals surface area contributed by atoms with Gasteiger partial charge in [0.2, 0.25) is 10.0 Å². The van der Waals surface area contributed by atoms with Crippen LogP contribution in [0.15, 0.2) is 33.6 Å². The summed E-state index contributed by atoms with van der Waals surface area (Å²) >= 11 is 3.25. The van der Waals surface area contributed by atoms with Gasteiger partial charge in [0.25, 0.3) is 0 Å². The summed E-state index contributed by atoms with van der Waals surface area (Å²) in [4.78, 5) is 0.222. The van der Waals surface area contributed by atoms with Crippen LogP contribution >= 0.6 is 15.9 Å². The van der Waals surface area contributed by atoms with Crippen LogP contribution < -0.4 is 4.72 Å². The van der Waals surface area contributed by atoms with E-state index in [1.807, 2.05) is 0 Å². The zero-order valence-corrected chi connectivity index (χ0v) is 11.5. The second kappa shape index (κ2) is 5.06. The summed E-state index contributed by atoms with van der Waals surface area (Å²) in [5.74, 6) is 0. The first-order chi connectivity index (χ1) is 7.99. The molecule has 0 unspecified atom stereocenters. The highest BCUT2D eigenvalue weighted by Gasteiger charge is 2.29. The van der Waals surface area contributed by atoms with Crippen LogP contribution in [0.3, 0.4) is 0 Å². The van der Waals surface area contributed by atoms with Crippen LogP contribution in [-0.4, -0.2) is 25.7 Å². The summed E-state index contributed by atoms with van der Waals surface area (Å²) in [7, 11) is -3.52. The molecule has 4 nitrogen and oxygen atoms in total. The molecule has 6 heteroatoms. The summed E-state index contributed by atoms with van der Waals surface area (Å²) in [5.41, 5.74) is 0. The van der Waals surface area contributed by atoms with E-state index >= 15 is 0 Å². The topological polar surface area (TPSA) is 66.4 Å². The maximum absolute atomic E-state index is 12.0. The standard InChI is InChI=1S/C11H14BrNO3S/c12-8-4-6-9(7-5-8)17(15,16)13-10-2-1-3-11(10)14/h4-7,10-11,13-14H,1-3H2/t10-,11+/m1/s1. The van der Waals surface area contributed by atoms with Gasteiger partial charge >= 0.3 is 0 Å². The zero-order chi connectivity index (χ0) is 12.5. The van der Waals surface area contributed by atoms with Gasteiger partial charge in [-0.25, -0.2) is 13.1 Å². The summed E-state index contributed by atoms with van der Waals surface area (Å²) in [5, 5.41) is 9.61. The lowest BCUT2D eigenvalue weighted by molar-refractivity contribution is 0.159. The third-order valence-corrected chi connectivity index (χ3v) is 4.94. The fourth-order valence-electron chi connectivity index (χ4n) is 1.96. The fourth-order valence-corrected chi connectivity index (χ4v) is 3.53. The molecule has 1 saturated carbocycles. The molecule has 2 N–H and O–H groups in total. The lowest BCUT2D eigenvalue weighted by Crippen LogP contribution is -2.39. The highest BCUT2D eigenvalue weighted by molar-refractivity contribution is 9.10. The van der Waals surface area contributed by atoms with E-state index in [1.54, 1.807) is 12.1 Å². The van der Waals surface area contributed by atoms with Gasteiger partial charge in [0, 0.05) is 10.5 Å². The number of rotatable bonds is 3. The molecule has 0 aromatic heterocycles. The van der Waals surface area contributed by atoms with E-state index in [0.717, 1.165) is 10.9 Å². The lowest BCUT2D eigenvalue weighted by Gasteiger charge is -2.16. The van der Waals surface area contributed by atoms with Gasteiger partial charge in [0.05, 0.1) is 11.0 Å². The largest absolute Gasteiger partial charge is 0.391 e. The van der Waals surface area contributed by atoms with Crippen LogP contribution in [-0.2, 0) is 10.0 Å². The van der Waals surface area contributed by atoms with Crippen molar-refractivity contribution >= 4 is 26.0 Å². The Labute approximate surface area is 109 Å². The van der Waals surface area contributed by atoms with Crippen LogP contribution in [0.25, 0.3) is 0 Å². The Morgan fingerprint density at radius 1 is 1.24 bits per heavy atom. The average molecular weight is 320 g/mol. The SMILES string of the molecule is O=S(=O)(N[C@@H]1CCC[C@@H]1O)c1ccc(Br)cc1. The molecule has 1 aromatic carbocycles. The first kappa shape index (κ1) is 13.0. The van der Waals surface area contributed by atoms with Crippen molar-refractivity contribution in [1.29, 1.82) is 0 Å². The normalized spacial score (nSPS) is 25.1. The Bertz CT molecular complexity index is 486. The number of hydrogen-bond acceptors (Lipinski definition) is 3. The van der Waals surface area contributed by atoms with E-state index in [9.17, 15) is 13.5 Å². The van der Waals surface area contributed by atoms with Gasteiger partial charge in [-0.15, -0.1) is 0 Å². The van der Waals surface area contributed by atoms with E-state index in [2.05, 4.69) is 20.7 Å². The van der Waals surface area contributed by atoms with Crippen molar-refractivity contribution in [2.24, 2.45) is 0 Å². The fraction of sp³-hybridized carbons (Fsp3) is 0.455. The number of aliphatic hydroxyl groups is 1. The van der Waals surface area contributed by atoms with Crippen molar-refractivity contribution in [1.82, 2.24) is 4.72 Å². The van der Waals surface area contributed by atoms with Gasteiger partial charge in [-0.05, 0) is 43.5 Å². The van der Waals surface area contributed by atoms with E-state index in [0.29, 0.717) is 12.8 Å². The van der Waals surface area contributed by atoms with Crippen LogP contribution in [0, 0.1) is 0 Å². The molecule has 2 atom stereocenters. The van der Waals surface area contributed by atoms with Crippen molar-refractivity contribution < 1.29 is 13.5 Å². The van der Waals surface area contributed by atoms with Crippen molar-refractivity contribution in [2.45, 2.75) is 36.3 Å². The predicted octanol–water partition coefficient (Wildman–Crippen LogP) is 1.64. The smallest absolute Gasteiger partial charge is 0.240 e. The van der Waals surface area contributed by atoms with Crippen LogP contribution in [0.1, 0.15) is 19.3 Å². The van der Waals surface area contributed by atoms with E-state index in [-0.39, 0.29) is 10.9 Å². The third-order valence-electron chi connectivity index (χ3n) is 2.91. The molecule has 0 spiro atoms. The Hall–Kier alpha value is -0.430. The van der Waals surface area contributed by atoms with Crippen LogP contribution in [0.5, 0.6) is 0 Å². The second-order valence-corrected chi connectivity index (χ2v) is 6.81. The first-order valence-corrected chi connectivity index (χ1v) is 7.72. The Kier molecular flexibility index (Phi) is 3.87. The van der Waals surface area contributed by atoms with E-state index < -0.39 is 16.1 Å². The summed E-state index contributed by atoms with van der Waals surface area (Å²) in [6.45, 7) is 0. The van der Waals surface area contributed by atoms with E-state index in [1.165, 1.54) is 12.1 Å². The number of aliphatic hydroxyl groups excluding tert-OH is 1. The number of hydrogen-bond donors (Lipinski definition) is 2. The molecule has 0 bridgehead atoms. The van der Waals surface area contributed by atoms with Crippen molar-refractivity contribution in [3.63, 3.8) is 0 Å². The van der Waals surface area contributed by atoms with Crippen LogP contribution in [0.2, 0.25) is 0 Å². The molecule has 17 heavy (non-hydrogen) atoms. The molecule has 0 amide bonds. The summed E-state index contributed by atoms with van der Waals surface area (Å²) < 4.78 is 27.4. The molecular weight excluding hydrogens is 306 g/mol. The monoisotopic (exact) mass is 319 g/mol. The predicted molar refractivity (Wildman–Crippen MR) is 68.1 cm³/mol. The number of nitrogens with one attached hydrogen (secondary N) is 1. The molecule has 1 aliphatic carbocycles. The van der Waals surface area contributed by atoms with Crippen molar-refractivity contribution in [3.8, 4) is 0 Å². The molecule has 0 heterocycles. The Morgan fingerprint density at radius 3 is 2.41 bits per heavy atom. The van der Waals surface area contributed by atoms with E-state index in [4.69, 9.17) is 0 Å². The van der Waals surface area contributed by atoms with Gasteiger partial charge in [0.1, 0.15) is 0 Å². The second-order valence-electron chi connectivity index (χ2n) is 4.18. The molecular formula is C11H14BrNO3S. The van der Waals surface area contributed by atoms with Gasteiger partial charge < -0.3 is 5.11 Å². The van der Waals surface area contributed by atoms with Crippen LogP contribution in [0.4, 0.5) is 0 Å². The quantitative estimate of drug-likeness (QED) is 0.890.